The number of methoxy groups -OCH3 is 2. The second kappa shape index (κ2) is 9.75. The Bertz CT molecular complexity index is 1120. The number of aliphatic carboxylic acids is 1. The Hall–Kier alpha value is -3.30. The Morgan fingerprint density at radius 3 is 2.46 bits per heavy atom. The van der Waals surface area contributed by atoms with Crippen LogP contribution in [-0.4, -0.2) is 67.8 Å². The lowest BCUT2D eigenvalue weighted by Gasteiger charge is -2.41. The van der Waals surface area contributed by atoms with Gasteiger partial charge in [0.15, 0.2) is 35.0 Å². The molecule has 2 aliphatic rings. The van der Waals surface area contributed by atoms with Crippen molar-refractivity contribution in [3.8, 4) is 17.2 Å². The number of hydrazine groups is 1. The van der Waals surface area contributed by atoms with Crippen LogP contribution in [0, 0.1) is 17.5 Å². The highest BCUT2D eigenvalue weighted by Gasteiger charge is 2.52. The van der Waals surface area contributed by atoms with Crippen molar-refractivity contribution in [2.75, 3.05) is 33.5 Å². The zero-order chi connectivity index (χ0) is 25.4. The molecular weight excluding hydrogens is 477 g/mol. The van der Waals surface area contributed by atoms with Crippen molar-refractivity contribution in [2.24, 2.45) is 0 Å². The minimum absolute atomic E-state index is 0.0454. The predicted molar refractivity (Wildman–Crippen MR) is 113 cm³/mol. The molecule has 2 aromatic carbocycles. The Kier molecular flexibility index (Phi) is 6.91. The minimum Gasteiger partial charge on any atom is -0.496 e. The van der Waals surface area contributed by atoms with Crippen LogP contribution in [0.25, 0.3) is 0 Å². The second-order valence-electron chi connectivity index (χ2n) is 7.71. The minimum atomic E-state index is -1.18. The van der Waals surface area contributed by atoms with E-state index < -0.39 is 48.3 Å². The van der Waals surface area contributed by atoms with Gasteiger partial charge in [0.1, 0.15) is 30.3 Å². The number of halogens is 3. The van der Waals surface area contributed by atoms with Gasteiger partial charge in [0.05, 0.1) is 19.8 Å². The average Bonchev–Trinajstić information content (AvgIpc) is 3.17. The first kappa shape index (κ1) is 24.8. The van der Waals surface area contributed by atoms with E-state index in [0.29, 0.717) is 5.23 Å². The second-order valence-corrected chi connectivity index (χ2v) is 7.71. The van der Waals surface area contributed by atoms with Crippen molar-refractivity contribution in [3.05, 3.63) is 47.3 Å². The lowest BCUT2D eigenvalue weighted by Crippen LogP contribution is -2.58. The highest BCUT2D eigenvalue weighted by Crippen LogP contribution is 2.38. The maximum absolute atomic E-state index is 15.0. The van der Waals surface area contributed by atoms with E-state index in [1.165, 1.54) is 37.4 Å². The fourth-order valence-electron chi connectivity index (χ4n) is 3.91. The summed E-state index contributed by atoms with van der Waals surface area (Å²) in [6.45, 7) is -0.476. The molecule has 2 fully saturated rings. The Morgan fingerprint density at radius 2 is 1.80 bits per heavy atom. The molecule has 0 amide bonds. The summed E-state index contributed by atoms with van der Waals surface area (Å²) in [4.78, 5) is 22.9. The molecule has 0 aliphatic carbocycles. The van der Waals surface area contributed by atoms with Crippen LogP contribution < -0.4 is 24.9 Å². The van der Waals surface area contributed by atoms with E-state index in [9.17, 15) is 23.1 Å². The summed E-state index contributed by atoms with van der Waals surface area (Å²) in [5.41, 5.74) is 2.27. The fraction of sp³-hybridized carbons (Fsp3) is 0.381. The van der Waals surface area contributed by atoms with Gasteiger partial charge < -0.3 is 19.3 Å². The predicted octanol–water partition coefficient (Wildman–Crippen LogP) is 1.83. The van der Waals surface area contributed by atoms with Crippen molar-refractivity contribution in [1.82, 2.24) is 15.5 Å². The lowest BCUT2D eigenvalue weighted by molar-refractivity contribution is -0.336. The third kappa shape index (κ3) is 4.53. The zero-order valence-corrected chi connectivity index (χ0v) is 19.1. The van der Waals surface area contributed by atoms with Gasteiger partial charge in [-0.25, -0.2) is 28.4 Å². The van der Waals surface area contributed by atoms with Crippen molar-refractivity contribution in [2.45, 2.75) is 24.9 Å². The molecule has 2 aromatic rings. The third-order valence-corrected chi connectivity index (χ3v) is 5.60. The molecule has 3 unspecified atom stereocenters. The van der Waals surface area contributed by atoms with E-state index in [4.69, 9.17) is 24.0 Å². The standard InChI is InChI=1S/C21H23F3N4O7/c1-26-20-19(18(25-26)21(29)30)34-28(35-27(20)2)13-8-16(15(32-4)7-12(13)23)33-9-10-14(31-3)6-5-11(22)17(10)24/h5-8,18-20,25H,9H2,1-4H3,(H,29,30). The molecule has 2 aliphatic heterocycles. The molecule has 0 radical (unpaired) electrons. The summed E-state index contributed by atoms with van der Waals surface area (Å²) in [6.07, 6.45) is -1.61. The van der Waals surface area contributed by atoms with Gasteiger partial charge in [-0.15, -0.1) is 10.3 Å². The molecule has 2 N–H and O–H groups in total. The van der Waals surface area contributed by atoms with E-state index in [1.807, 2.05) is 0 Å². The van der Waals surface area contributed by atoms with Crippen molar-refractivity contribution < 1.29 is 47.1 Å². The smallest absolute Gasteiger partial charge is 0.325 e. The van der Waals surface area contributed by atoms with Gasteiger partial charge in [0.25, 0.3) is 0 Å². The summed E-state index contributed by atoms with van der Waals surface area (Å²) < 4.78 is 58.9. The first-order valence-electron chi connectivity index (χ1n) is 10.3. The molecule has 0 spiro atoms. The van der Waals surface area contributed by atoms with Crippen LogP contribution >= 0.6 is 0 Å². The quantitative estimate of drug-likeness (QED) is 0.582. The number of rotatable bonds is 7. The highest BCUT2D eigenvalue weighted by molar-refractivity contribution is 5.75. The number of nitrogens with one attached hydrogen (secondary N) is 1. The van der Waals surface area contributed by atoms with Gasteiger partial charge in [-0.3, -0.25) is 4.79 Å². The van der Waals surface area contributed by atoms with Gasteiger partial charge in [-0.2, -0.15) is 4.94 Å². The number of fused-ring (bicyclic) bond motifs is 1. The van der Waals surface area contributed by atoms with Gasteiger partial charge in [-0.05, 0) is 12.1 Å². The molecule has 0 saturated carbocycles. The molecule has 2 saturated heterocycles. The molecule has 3 atom stereocenters. The number of carbonyl (C=O) groups is 1. The maximum atomic E-state index is 15.0. The summed E-state index contributed by atoms with van der Waals surface area (Å²) in [6, 6.07) is 3.17. The summed E-state index contributed by atoms with van der Waals surface area (Å²) in [5.74, 6) is -4.31. The molecule has 190 valence electrons. The molecule has 14 heteroatoms. The molecule has 4 rings (SSSR count). The number of hydrogen-bond donors (Lipinski definition) is 2. The molecule has 0 bridgehead atoms. The van der Waals surface area contributed by atoms with Crippen LogP contribution in [0.4, 0.5) is 18.9 Å². The number of carboxylic acids is 1. The largest absolute Gasteiger partial charge is 0.496 e. The van der Waals surface area contributed by atoms with Crippen molar-refractivity contribution >= 4 is 11.7 Å². The van der Waals surface area contributed by atoms with Crippen molar-refractivity contribution in [3.63, 3.8) is 0 Å². The van der Waals surface area contributed by atoms with Gasteiger partial charge in [-0.1, -0.05) is 0 Å². The van der Waals surface area contributed by atoms with Crippen LogP contribution in [0.15, 0.2) is 24.3 Å². The normalized spacial score (nSPS) is 22.7. The summed E-state index contributed by atoms with van der Waals surface area (Å²) >= 11 is 0. The van der Waals surface area contributed by atoms with E-state index >= 15 is 0 Å². The average molecular weight is 500 g/mol. The number of hydrogen-bond acceptors (Lipinski definition) is 10. The van der Waals surface area contributed by atoms with Gasteiger partial charge in [0, 0.05) is 26.2 Å². The zero-order valence-electron chi connectivity index (χ0n) is 19.1. The SMILES string of the molecule is COc1cc(F)c(N2OC3C(C(=O)O)NN(C)C3N(C)O2)cc1OCc1c(OC)ccc(F)c1F. The number of benzene rings is 2. The Labute approximate surface area is 197 Å². The molecule has 2 heterocycles. The van der Waals surface area contributed by atoms with E-state index in [2.05, 4.69) is 5.43 Å². The molecule has 11 nitrogen and oxygen atoms in total. The first-order chi connectivity index (χ1) is 16.7. The lowest BCUT2D eigenvalue weighted by atomic mass is 10.1. The number of likely N-dealkylation sites (N-methyl/N-ethyl adjacent to an activating group) is 2. The number of anilines is 1. The number of ether oxygens (including phenoxy) is 3. The number of nitrogens with zero attached hydrogens (tertiary/aromatic N) is 3. The van der Waals surface area contributed by atoms with E-state index in [-0.39, 0.29) is 28.5 Å². The van der Waals surface area contributed by atoms with Crippen LogP contribution in [0.5, 0.6) is 17.2 Å². The van der Waals surface area contributed by atoms with Gasteiger partial charge >= 0.3 is 5.97 Å². The van der Waals surface area contributed by atoms with Crippen LogP contribution in [0.3, 0.4) is 0 Å². The monoisotopic (exact) mass is 500 g/mol. The van der Waals surface area contributed by atoms with E-state index in [1.54, 1.807) is 7.05 Å². The van der Waals surface area contributed by atoms with E-state index in [0.717, 1.165) is 18.2 Å². The summed E-state index contributed by atoms with van der Waals surface area (Å²) in [5, 5.41) is 13.0. The molecule has 0 aromatic heterocycles. The van der Waals surface area contributed by atoms with Crippen LogP contribution in [-0.2, 0) is 21.2 Å². The molecule has 35 heavy (non-hydrogen) atoms. The van der Waals surface area contributed by atoms with Crippen molar-refractivity contribution in [1.29, 1.82) is 0 Å². The highest BCUT2D eigenvalue weighted by atomic mass is 19.2. The maximum Gasteiger partial charge on any atom is 0.325 e. The van der Waals surface area contributed by atoms with Crippen LogP contribution in [0.1, 0.15) is 5.56 Å². The fourth-order valence-corrected chi connectivity index (χ4v) is 3.91. The number of hydroxylamine groups is 2. The number of carboxylic acid groups (broad SMARTS) is 1. The van der Waals surface area contributed by atoms with Gasteiger partial charge in [0.2, 0.25) is 0 Å². The Balaban J connectivity index is 1.63. The molecular formula is C21H23F3N4O7. The Morgan fingerprint density at radius 1 is 1.09 bits per heavy atom. The topological polar surface area (TPSA) is 105 Å². The summed E-state index contributed by atoms with van der Waals surface area (Å²) in [7, 11) is 5.70. The first-order valence-corrected chi connectivity index (χ1v) is 10.3. The third-order valence-electron chi connectivity index (χ3n) is 5.60. The van der Waals surface area contributed by atoms with Crippen LogP contribution in [0.2, 0.25) is 0 Å².